The molecule has 2 aromatic rings. The number of nitrogens with one attached hydrogen (secondary N) is 1. The molecule has 4 bridgehead atoms. The van der Waals surface area contributed by atoms with Crippen molar-refractivity contribution in [1.82, 2.24) is 14.9 Å². The zero-order chi connectivity index (χ0) is 21.9. The van der Waals surface area contributed by atoms with Crippen LogP contribution in [0.4, 0.5) is 5.82 Å². The number of hydrogen-bond donors (Lipinski definition) is 1. The Balaban J connectivity index is 1.17. The van der Waals surface area contributed by atoms with E-state index < -0.39 is 0 Å². The molecule has 7 rings (SSSR count). The number of carbonyl (C=O) groups excluding carboxylic acids is 1. The molecule has 2 heterocycles. The van der Waals surface area contributed by atoms with Crippen LogP contribution in [0, 0.1) is 23.2 Å². The lowest BCUT2D eigenvalue weighted by molar-refractivity contribution is -0.0444. The van der Waals surface area contributed by atoms with E-state index in [-0.39, 0.29) is 5.91 Å². The first-order valence-electron chi connectivity index (χ1n) is 11.8. The molecule has 4 fully saturated rings. The van der Waals surface area contributed by atoms with Crippen LogP contribution in [0.3, 0.4) is 0 Å². The van der Waals surface area contributed by atoms with Crippen molar-refractivity contribution in [2.75, 3.05) is 18.4 Å². The Morgan fingerprint density at radius 2 is 1.78 bits per heavy atom. The molecule has 1 N–H and O–H groups in total. The molecular weight excluding hydrogens is 443 g/mol. The van der Waals surface area contributed by atoms with E-state index in [2.05, 4.69) is 15.3 Å². The van der Waals surface area contributed by atoms with Crippen LogP contribution in [0.15, 0.2) is 24.5 Å². The van der Waals surface area contributed by atoms with Crippen LogP contribution < -0.4 is 5.32 Å². The summed E-state index contributed by atoms with van der Waals surface area (Å²) in [5, 5.41) is 4.58. The van der Waals surface area contributed by atoms with Crippen LogP contribution in [0.2, 0.25) is 10.0 Å². The van der Waals surface area contributed by atoms with Crippen molar-refractivity contribution in [3.05, 3.63) is 51.4 Å². The molecule has 0 saturated heterocycles. The average molecular weight is 471 g/mol. The van der Waals surface area contributed by atoms with Crippen LogP contribution in [0.25, 0.3) is 0 Å². The lowest BCUT2D eigenvalue weighted by atomic mass is 9.49. The van der Waals surface area contributed by atoms with Gasteiger partial charge >= 0.3 is 0 Å². The number of nitrogens with zero attached hydrogens (tertiary/aromatic N) is 3. The normalized spacial score (nSPS) is 30.3. The third-order valence-electron chi connectivity index (χ3n) is 8.26. The molecule has 7 heteroatoms. The first kappa shape index (κ1) is 20.7. The second kappa shape index (κ2) is 7.88. The SMILES string of the molecule is O=C(c1ccc(Cl)c(Cl)c1)N1CCc2c(ncnc2NCC23CC4CC(CC(C4)C2)C3)C1. The molecule has 1 aromatic heterocycles. The van der Waals surface area contributed by atoms with Gasteiger partial charge in [0.05, 0.1) is 22.3 Å². The second-order valence-corrected chi connectivity index (χ2v) is 11.3. The lowest BCUT2D eigenvalue weighted by Crippen LogP contribution is -2.49. The quantitative estimate of drug-likeness (QED) is 0.630. The molecule has 0 spiro atoms. The van der Waals surface area contributed by atoms with Gasteiger partial charge < -0.3 is 10.2 Å². The minimum absolute atomic E-state index is 0.0455. The van der Waals surface area contributed by atoms with Crippen LogP contribution in [0.5, 0.6) is 0 Å². The van der Waals surface area contributed by atoms with Gasteiger partial charge in [0, 0.05) is 24.2 Å². The summed E-state index contributed by atoms with van der Waals surface area (Å²) in [4.78, 5) is 24.0. The largest absolute Gasteiger partial charge is 0.369 e. The minimum atomic E-state index is -0.0455. The minimum Gasteiger partial charge on any atom is -0.369 e. The van der Waals surface area contributed by atoms with Crippen molar-refractivity contribution in [3.63, 3.8) is 0 Å². The number of anilines is 1. The molecule has 1 aromatic carbocycles. The van der Waals surface area contributed by atoms with E-state index in [1.54, 1.807) is 24.5 Å². The van der Waals surface area contributed by atoms with E-state index in [4.69, 9.17) is 23.2 Å². The highest BCUT2D eigenvalue weighted by atomic mass is 35.5. The molecule has 5 nitrogen and oxygen atoms in total. The number of aromatic nitrogens is 2. The van der Waals surface area contributed by atoms with Gasteiger partial charge in [-0.25, -0.2) is 9.97 Å². The molecule has 4 aliphatic carbocycles. The van der Waals surface area contributed by atoms with Crippen molar-refractivity contribution in [2.45, 2.75) is 51.5 Å². The molecule has 0 unspecified atom stereocenters. The number of fused-ring (bicyclic) bond motifs is 1. The van der Waals surface area contributed by atoms with Crippen LogP contribution in [-0.4, -0.2) is 33.9 Å². The Morgan fingerprint density at radius 1 is 1.06 bits per heavy atom. The summed E-state index contributed by atoms with van der Waals surface area (Å²) in [7, 11) is 0. The molecule has 0 atom stereocenters. The van der Waals surface area contributed by atoms with Crippen molar-refractivity contribution in [1.29, 1.82) is 0 Å². The number of hydrogen-bond acceptors (Lipinski definition) is 4. The summed E-state index contributed by atoms with van der Waals surface area (Å²) < 4.78 is 0. The van der Waals surface area contributed by atoms with Crippen LogP contribution in [0.1, 0.15) is 60.1 Å². The van der Waals surface area contributed by atoms with Gasteiger partial charge in [-0.1, -0.05) is 23.2 Å². The Morgan fingerprint density at radius 3 is 2.47 bits per heavy atom. The predicted molar refractivity (Wildman–Crippen MR) is 126 cm³/mol. The number of carbonyl (C=O) groups is 1. The van der Waals surface area contributed by atoms with E-state index >= 15 is 0 Å². The van der Waals surface area contributed by atoms with Gasteiger partial charge in [0.15, 0.2) is 0 Å². The molecule has 32 heavy (non-hydrogen) atoms. The van der Waals surface area contributed by atoms with Gasteiger partial charge in [-0.05, 0) is 86.3 Å². The number of halogens is 2. The molecule has 4 saturated carbocycles. The van der Waals surface area contributed by atoms with Gasteiger partial charge in [0.25, 0.3) is 5.91 Å². The van der Waals surface area contributed by atoms with Gasteiger partial charge in [-0.3, -0.25) is 4.79 Å². The van der Waals surface area contributed by atoms with Crippen molar-refractivity contribution < 1.29 is 4.79 Å². The van der Waals surface area contributed by atoms with E-state index in [1.807, 2.05) is 4.90 Å². The Bertz CT molecular complexity index is 1040. The lowest BCUT2D eigenvalue weighted by Gasteiger charge is -2.57. The maximum Gasteiger partial charge on any atom is 0.254 e. The highest BCUT2D eigenvalue weighted by molar-refractivity contribution is 6.42. The zero-order valence-electron chi connectivity index (χ0n) is 18.1. The summed E-state index contributed by atoms with van der Waals surface area (Å²) >= 11 is 12.1. The highest BCUT2D eigenvalue weighted by Crippen LogP contribution is 2.59. The third kappa shape index (κ3) is 3.67. The second-order valence-electron chi connectivity index (χ2n) is 10.5. The van der Waals surface area contributed by atoms with E-state index in [0.717, 1.165) is 47.8 Å². The summed E-state index contributed by atoms with van der Waals surface area (Å²) in [5.74, 6) is 3.76. The van der Waals surface area contributed by atoms with E-state index in [1.165, 1.54) is 38.5 Å². The maximum absolute atomic E-state index is 13.0. The molecule has 1 aliphatic heterocycles. The monoisotopic (exact) mass is 470 g/mol. The number of benzene rings is 1. The predicted octanol–water partition coefficient (Wildman–Crippen LogP) is 5.61. The summed E-state index contributed by atoms with van der Waals surface area (Å²) in [6.07, 6.45) is 10.9. The smallest absolute Gasteiger partial charge is 0.254 e. The van der Waals surface area contributed by atoms with E-state index in [9.17, 15) is 4.79 Å². The molecule has 168 valence electrons. The standard InChI is InChI=1S/C25H28Cl2N4O/c26-20-2-1-18(8-21(20)27)24(32)31-4-3-19-22(12-31)29-14-30-23(19)28-13-25-9-15-5-16(10-25)7-17(6-15)11-25/h1-2,8,14-17H,3-7,9-13H2,(H,28,29,30). The third-order valence-corrected chi connectivity index (χ3v) is 9.00. The van der Waals surface area contributed by atoms with Crippen molar-refractivity contribution in [3.8, 4) is 0 Å². The van der Waals surface area contributed by atoms with Crippen LogP contribution >= 0.6 is 23.2 Å². The maximum atomic E-state index is 13.0. The van der Waals surface area contributed by atoms with Gasteiger partial charge in [0.1, 0.15) is 12.1 Å². The van der Waals surface area contributed by atoms with Crippen LogP contribution in [-0.2, 0) is 13.0 Å². The molecule has 5 aliphatic rings. The van der Waals surface area contributed by atoms with E-state index in [0.29, 0.717) is 34.1 Å². The fourth-order valence-corrected chi connectivity index (χ4v) is 7.57. The first-order valence-corrected chi connectivity index (χ1v) is 12.5. The Kier molecular flexibility index (Phi) is 5.10. The molecule has 1 amide bonds. The van der Waals surface area contributed by atoms with Crippen molar-refractivity contribution >= 4 is 34.9 Å². The highest BCUT2D eigenvalue weighted by Gasteiger charge is 2.50. The fourth-order valence-electron chi connectivity index (χ4n) is 7.27. The molecular formula is C25H28Cl2N4O. The average Bonchev–Trinajstić information content (AvgIpc) is 2.78. The fraction of sp³-hybridized carbons (Fsp3) is 0.560. The first-order chi connectivity index (χ1) is 15.5. The number of rotatable bonds is 4. The summed E-state index contributed by atoms with van der Waals surface area (Å²) in [6.45, 7) is 2.15. The molecule has 0 radical (unpaired) electrons. The van der Waals surface area contributed by atoms with Gasteiger partial charge in [0.2, 0.25) is 0 Å². The summed E-state index contributed by atoms with van der Waals surface area (Å²) in [5.41, 5.74) is 3.11. The Labute approximate surface area is 198 Å². The van der Waals surface area contributed by atoms with Gasteiger partial charge in [-0.15, -0.1) is 0 Å². The summed E-state index contributed by atoms with van der Waals surface area (Å²) in [6, 6.07) is 5.04. The Hall–Kier alpha value is -1.85. The van der Waals surface area contributed by atoms with Gasteiger partial charge in [-0.2, -0.15) is 0 Å². The topological polar surface area (TPSA) is 58.1 Å². The number of amides is 1. The van der Waals surface area contributed by atoms with Crippen molar-refractivity contribution in [2.24, 2.45) is 23.2 Å². The zero-order valence-corrected chi connectivity index (χ0v) is 19.6.